The van der Waals surface area contributed by atoms with Crippen molar-refractivity contribution in [2.45, 2.75) is 38.5 Å². The molecule has 1 heterocycles. The summed E-state index contributed by atoms with van der Waals surface area (Å²) >= 11 is 6.18. The molecule has 1 aliphatic heterocycles. The SMILES string of the molecule is OC1CCN(CCCNCc2cccc(OCc3ccccc3Cl)c2)CC1. The molecule has 0 bridgehead atoms. The van der Waals surface area contributed by atoms with Crippen molar-refractivity contribution in [3.63, 3.8) is 0 Å². The molecule has 0 atom stereocenters. The summed E-state index contributed by atoms with van der Waals surface area (Å²) in [5, 5.41) is 13.8. The molecule has 27 heavy (non-hydrogen) atoms. The number of ether oxygens (including phenoxy) is 1. The van der Waals surface area contributed by atoms with Gasteiger partial charge in [-0.3, -0.25) is 0 Å². The number of aliphatic hydroxyl groups excluding tert-OH is 1. The molecule has 1 fully saturated rings. The maximum atomic E-state index is 9.55. The van der Waals surface area contributed by atoms with Crippen LogP contribution in [-0.2, 0) is 13.2 Å². The minimum absolute atomic E-state index is 0.0909. The first-order valence-corrected chi connectivity index (χ1v) is 10.1. The van der Waals surface area contributed by atoms with Crippen LogP contribution in [0.4, 0.5) is 0 Å². The third kappa shape index (κ3) is 6.82. The van der Waals surface area contributed by atoms with Crippen LogP contribution in [0, 0.1) is 0 Å². The first-order chi connectivity index (χ1) is 13.2. The zero-order chi connectivity index (χ0) is 18.9. The summed E-state index contributed by atoms with van der Waals surface area (Å²) in [6, 6.07) is 16.0. The van der Waals surface area contributed by atoms with Crippen LogP contribution in [0.25, 0.3) is 0 Å². The van der Waals surface area contributed by atoms with E-state index in [9.17, 15) is 5.11 Å². The van der Waals surface area contributed by atoms with Gasteiger partial charge < -0.3 is 20.1 Å². The second-order valence-electron chi connectivity index (χ2n) is 7.13. The second-order valence-corrected chi connectivity index (χ2v) is 7.54. The number of nitrogens with zero attached hydrogens (tertiary/aromatic N) is 1. The molecule has 0 unspecified atom stereocenters. The van der Waals surface area contributed by atoms with Crippen LogP contribution in [0.2, 0.25) is 5.02 Å². The minimum Gasteiger partial charge on any atom is -0.489 e. The average Bonchev–Trinajstić information content (AvgIpc) is 2.69. The Hall–Kier alpha value is -1.59. The third-order valence-corrected chi connectivity index (χ3v) is 5.33. The molecule has 0 radical (unpaired) electrons. The van der Waals surface area contributed by atoms with E-state index in [1.54, 1.807) is 0 Å². The normalized spacial score (nSPS) is 15.8. The molecular formula is C22H29ClN2O2. The molecule has 3 rings (SSSR count). The molecule has 5 heteroatoms. The van der Waals surface area contributed by atoms with Crippen LogP contribution in [-0.4, -0.2) is 42.3 Å². The van der Waals surface area contributed by atoms with Crippen molar-refractivity contribution in [3.8, 4) is 5.75 Å². The molecule has 2 aromatic rings. The van der Waals surface area contributed by atoms with Crippen molar-refractivity contribution in [2.24, 2.45) is 0 Å². The van der Waals surface area contributed by atoms with Gasteiger partial charge in [0.25, 0.3) is 0 Å². The van der Waals surface area contributed by atoms with E-state index in [1.165, 1.54) is 5.56 Å². The predicted octanol–water partition coefficient (Wildman–Crippen LogP) is 3.86. The van der Waals surface area contributed by atoms with Gasteiger partial charge in [0.05, 0.1) is 6.10 Å². The number of halogens is 1. The van der Waals surface area contributed by atoms with Crippen LogP contribution < -0.4 is 10.1 Å². The van der Waals surface area contributed by atoms with Gasteiger partial charge in [0.15, 0.2) is 0 Å². The Morgan fingerprint density at radius 3 is 2.74 bits per heavy atom. The number of likely N-dealkylation sites (tertiary alicyclic amines) is 1. The van der Waals surface area contributed by atoms with Gasteiger partial charge in [-0.05, 0) is 56.1 Å². The lowest BCUT2D eigenvalue weighted by molar-refractivity contribution is 0.0821. The number of nitrogens with one attached hydrogen (secondary N) is 1. The maximum absolute atomic E-state index is 9.55. The molecule has 0 aliphatic carbocycles. The molecule has 1 saturated heterocycles. The summed E-state index contributed by atoms with van der Waals surface area (Å²) in [5.41, 5.74) is 2.21. The fourth-order valence-corrected chi connectivity index (χ4v) is 3.52. The fraction of sp³-hybridized carbons (Fsp3) is 0.455. The average molecular weight is 389 g/mol. The van der Waals surface area contributed by atoms with E-state index in [0.29, 0.717) is 6.61 Å². The quantitative estimate of drug-likeness (QED) is 0.640. The largest absolute Gasteiger partial charge is 0.489 e. The summed E-state index contributed by atoms with van der Waals surface area (Å²) in [6.45, 7) is 5.44. The molecule has 0 spiro atoms. The van der Waals surface area contributed by atoms with Gasteiger partial charge in [-0.2, -0.15) is 0 Å². The Morgan fingerprint density at radius 1 is 1.11 bits per heavy atom. The van der Waals surface area contributed by atoms with E-state index in [0.717, 1.165) is 68.3 Å². The van der Waals surface area contributed by atoms with E-state index >= 15 is 0 Å². The van der Waals surface area contributed by atoms with Gasteiger partial charge in [-0.25, -0.2) is 0 Å². The molecule has 0 aromatic heterocycles. The van der Waals surface area contributed by atoms with E-state index in [4.69, 9.17) is 16.3 Å². The smallest absolute Gasteiger partial charge is 0.120 e. The van der Waals surface area contributed by atoms with Crippen molar-refractivity contribution in [2.75, 3.05) is 26.2 Å². The summed E-state index contributed by atoms with van der Waals surface area (Å²) < 4.78 is 5.89. The molecular weight excluding hydrogens is 360 g/mol. The van der Waals surface area contributed by atoms with Gasteiger partial charge >= 0.3 is 0 Å². The van der Waals surface area contributed by atoms with Crippen LogP contribution in [0.1, 0.15) is 30.4 Å². The van der Waals surface area contributed by atoms with Crippen LogP contribution >= 0.6 is 11.6 Å². The maximum Gasteiger partial charge on any atom is 0.120 e. The van der Waals surface area contributed by atoms with Gasteiger partial charge in [-0.15, -0.1) is 0 Å². The minimum atomic E-state index is -0.0909. The molecule has 2 N–H and O–H groups in total. The van der Waals surface area contributed by atoms with E-state index < -0.39 is 0 Å². The van der Waals surface area contributed by atoms with Crippen molar-refractivity contribution >= 4 is 11.6 Å². The highest BCUT2D eigenvalue weighted by Crippen LogP contribution is 2.19. The number of aliphatic hydroxyl groups is 1. The monoisotopic (exact) mass is 388 g/mol. The molecule has 0 saturated carbocycles. The highest BCUT2D eigenvalue weighted by atomic mass is 35.5. The van der Waals surface area contributed by atoms with E-state index in [1.807, 2.05) is 36.4 Å². The third-order valence-electron chi connectivity index (χ3n) is 4.96. The van der Waals surface area contributed by atoms with Gasteiger partial charge in [0.2, 0.25) is 0 Å². The van der Waals surface area contributed by atoms with Crippen LogP contribution in [0.3, 0.4) is 0 Å². The fourth-order valence-electron chi connectivity index (χ4n) is 3.33. The van der Waals surface area contributed by atoms with Crippen LogP contribution in [0.5, 0.6) is 5.75 Å². The Morgan fingerprint density at radius 2 is 1.93 bits per heavy atom. The molecule has 2 aromatic carbocycles. The van der Waals surface area contributed by atoms with Gasteiger partial charge in [0, 0.05) is 30.2 Å². The molecule has 4 nitrogen and oxygen atoms in total. The number of hydrogen-bond donors (Lipinski definition) is 2. The first-order valence-electron chi connectivity index (χ1n) is 9.77. The van der Waals surface area contributed by atoms with Gasteiger partial charge in [0.1, 0.15) is 12.4 Å². The van der Waals surface area contributed by atoms with Crippen molar-refractivity contribution in [3.05, 3.63) is 64.7 Å². The lowest BCUT2D eigenvalue weighted by Gasteiger charge is -2.29. The first kappa shape index (κ1) is 20.2. The number of hydrogen-bond acceptors (Lipinski definition) is 4. The number of piperidine rings is 1. The number of rotatable bonds is 9. The van der Waals surface area contributed by atoms with Gasteiger partial charge in [-0.1, -0.05) is 41.9 Å². The topological polar surface area (TPSA) is 44.7 Å². The van der Waals surface area contributed by atoms with Crippen molar-refractivity contribution in [1.29, 1.82) is 0 Å². The highest BCUT2D eigenvalue weighted by Gasteiger charge is 2.15. The summed E-state index contributed by atoms with van der Waals surface area (Å²) in [5.74, 6) is 0.862. The Bertz CT molecular complexity index is 702. The highest BCUT2D eigenvalue weighted by molar-refractivity contribution is 6.31. The Balaban J connectivity index is 1.36. The van der Waals surface area contributed by atoms with Crippen molar-refractivity contribution < 1.29 is 9.84 Å². The summed E-state index contributed by atoms with van der Waals surface area (Å²) in [6.07, 6.45) is 2.86. The lowest BCUT2D eigenvalue weighted by Crippen LogP contribution is -2.37. The van der Waals surface area contributed by atoms with E-state index in [2.05, 4.69) is 22.3 Å². The lowest BCUT2D eigenvalue weighted by atomic mass is 10.1. The van der Waals surface area contributed by atoms with E-state index in [-0.39, 0.29) is 6.10 Å². The zero-order valence-corrected chi connectivity index (χ0v) is 16.5. The summed E-state index contributed by atoms with van der Waals surface area (Å²) in [7, 11) is 0. The standard InChI is InChI=1S/C22H29ClN2O2/c23-22-8-2-1-6-19(22)17-27-21-7-3-5-18(15-21)16-24-11-4-12-25-13-9-20(26)10-14-25/h1-3,5-8,15,20,24,26H,4,9-14,16-17H2. The predicted molar refractivity (Wildman–Crippen MR) is 110 cm³/mol. The zero-order valence-electron chi connectivity index (χ0n) is 15.7. The molecule has 146 valence electrons. The van der Waals surface area contributed by atoms with Crippen LogP contribution in [0.15, 0.2) is 48.5 Å². The number of benzene rings is 2. The van der Waals surface area contributed by atoms with Crippen molar-refractivity contribution in [1.82, 2.24) is 10.2 Å². The molecule has 0 amide bonds. The Kier molecular flexibility index (Phi) is 7.96. The second kappa shape index (κ2) is 10.7. The molecule has 1 aliphatic rings. The summed E-state index contributed by atoms with van der Waals surface area (Å²) in [4.78, 5) is 2.44. The Labute approximate surface area is 167 Å².